The molecule has 0 saturated heterocycles. The van der Waals surface area contributed by atoms with E-state index in [2.05, 4.69) is 70.4 Å². The third-order valence-electron chi connectivity index (χ3n) is 6.58. The normalized spacial score (nSPS) is 17.0. The molecule has 0 bridgehead atoms. The second-order valence-corrected chi connectivity index (χ2v) is 9.75. The Kier molecular flexibility index (Phi) is 4.72. The van der Waals surface area contributed by atoms with E-state index in [1.165, 1.54) is 35.1 Å². The molecule has 3 heteroatoms. The van der Waals surface area contributed by atoms with E-state index in [4.69, 9.17) is 4.98 Å². The molecule has 3 nitrogen and oxygen atoms in total. The summed E-state index contributed by atoms with van der Waals surface area (Å²) in [6.45, 7) is 16.9. The molecule has 0 radical (unpaired) electrons. The molecule has 1 aliphatic rings. The van der Waals surface area contributed by atoms with Crippen molar-refractivity contribution in [2.75, 3.05) is 0 Å². The van der Waals surface area contributed by atoms with E-state index >= 15 is 0 Å². The Morgan fingerprint density at radius 1 is 1.07 bits per heavy atom. The summed E-state index contributed by atoms with van der Waals surface area (Å²) in [6.07, 6.45) is 9.97. The third kappa shape index (κ3) is 3.66. The molecule has 29 heavy (non-hydrogen) atoms. The Hall–Kier alpha value is -2.68. The van der Waals surface area contributed by atoms with Gasteiger partial charge in [-0.3, -0.25) is 4.98 Å². The molecule has 0 spiro atoms. The number of hydrogen-bond acceptors (Lipinski definition) is 2. The van der Waals surface area contributed by atoms with E-state index in [0.717, 1.165) is 23.4 Å². The van der Waals surface area contributed by atoms with Crippen molar-refractivity contribution in [1.29, 1.82) is 0 Å². The Morgan fingerprint density at radius 2 is 1.76 bits per heavy atom. The van der Waals surface area contributed by atoms with E-state index in [0.29, 0.717) is 0 Å². The van der Waals surface area contributed by atoms with E-state index in [1.807, 2.05) is 23.3 Å². The molecule has 2 aromatic heterocycles. The lowest BCUT2D eigenvalue weighted by molar-refractivity contribution is 0.331. The fraction of sp³-hybridized carbons (Fsp3) is 0.385. The summed E-state index contributed by atoms with van der Waals surface area (Å²) in [5, 5.41) is 0. The summed E-state index contributed by atoms with van der Waals surface area (Å²) in [5.41, 5.74) is 8.96. The van der Waals surface area contributed by atoms with Crippen molar-refractivity contribution in [3.8, 4) is 0 Å². The van der Waals surface area contributed by atoms with Gasteiger partial charge in [0.2, 0.25) is 0 Å². The van der Waals surface area contributed by atoms with Crippen LogP contribution in [0.4, 0.5) is 0 Å². The molecule has 4 rings (SSSR count). The molecular weight excluding hydrogens is 354 g/mol. The number of aromatic nitrogens is 3. The summed E-state index contributed by atoms with van der Waals surface area (Å²) in [7, 11) is 0. The largest absolute Gasteiger partial charge is 0.333 e. The lowest BCUT2D eigenvalue weighted by Crippen LogP contribution is -2.34. The van der Waals surface area contributed by atoms with Crippen molar-refractivity contribution in [1.82, 2.24) is 14.5 Å². The van der Waals surface area contributed by atoms with Crippen molar-refractivity contribution >= 4 is 5.57 Å². The first-order valence-electron chi connectivity index (χ1n) is 10.4. The zero-order valence-electron chi connectivity index (χ0n) is 18.3. The minimum atomic E-state index is 0.190. The second kappa shape index (κ2) is 6.98. The minimum Gasteiger partial charge on any atom is -0.333 e. The molecule has 0 unspecified atom stereocenters. The van der Waals surface area contributed by atoms with E-state index in [-0.39, 0.29) is 10.8 Å². The SMILES string of the molecule is C=C(c1ccc(Cn2ccnc2)cn1)c1cc2c(cc1C)C(C)(C)CCC2(C)C. The number of pyridine rings is 1. The molecule has 0 atom stereocenters. The third-order valence-corrected chi connectivity index (χ3v) is 6.58. The maximum absolute atomic E-state index is 4.72. The predicted molar refractivity (Wildman–Crippen MR) is 120 cm³/mol. The van der Waals surface area contributed by atoms with E-state index < -0.39 is 0 Å². The van der Waals surface area contributed by atoms with Gasteiger partial charge in [-0.05, 0) is 70.5 Å². The van der Waals surface area contributed by atoms with Crippen molar-refractivity contribution in [2.24, 2.45) is 0 Å². The molecule has 0 amide bonds. The molecule has 2 heterocycles. The summed E-state index contributed by atoms with van der Waals surface area (Å²) >= 11 is 0. The van der Waals surface area contributed by atoms with Gasteiger partial charge in [0.15, 0.2) is 0 Å². The van der Waals surface area contributed by atoms with Crippen LogP contribution in [0.15, 0.2) is 55.8 Å². The van der Waals surface area contributed by atoms with Gasteiger partial charge in [0.25, 0.3) is 0 Å². The van der Waals surface area contributed by atoms with Crippen molar-refractivity contribution < 1.29 is 0 Å². The minimum absolute atomic E-state index is 0.190. The number of nitrogens with zero attached hydrogens (tertiary/aromatic N) is 3. The molecule has 0 saturated carbocycles. The van der Waals surface area contributed by atoms with Gasteiger partial charge < -0.3 is 4.57 Å². The maximum atomic E-state index is 4.72. The van der Waals surface area contributed by atoms with Gasteiger partial charge in [-0.25, -0.2) is 4.98 Å². The highest BCUT2D eigenvalue weighted by molar-refractivity contribution is 5.79. The number of benzene rings is 1. The number of hydrogen-bond donors (Lipinski definition) is 0. The molecule has 1 aliphatic carbocycles. The second-order valence-electron chi connectivity index (χ2n) is 9.75. The summed E-state index contributed by atoms with van der Waals surface area (Å²) in [4.78, 5) is 8.82. The smallest absolute Gasteiger partial charge is 0.0949 e. The number of rotatable bonds is 4. The van der Waals surface area contributed by atoms with Crippen LogP contribution in [0, 0.1) is 6.92 Å². The van der Waals surface area contributed by atoms with Crippen LogP contribution in [-0.2, 0) is 17.4 Å². The fourth-order valence-corrected chi connectivity index (χ4v) is 4.47. The van der Waals surface area contributed by atoms with E-state index in [1.54, 1.807) is 6.20 Å². The standard InChI is InChI=1S/C26H31N3/c1-18-13-22-23(26(5,6)10-9-25(22,3)4)14-21(18)19(2)24-8-7-20(15-28-24)16-29-12-11-27-17-29/h7-8,11-15,17H,2,9-10,16H2,1,3-6H3. The lowest BCUT2D eigenvalue weighted by atomic mass is 9.62. The van der Waals surface area contributed by atoms with Crippen LogP contribution in [0.2, 0.25) is 0 Å². The number of imidazole rings is 1. The van der Waals surface area contributed by atoms with Crippen LogP contribution in [0.1, 0.15) is 74.0 Å². The highest BCUT2D eigenvalue weighted by atomic mass is 15.0. The maximum Gasteiger partial charge on any atom is 0.0949 e. The van der Waals surface area contributed by atoms with Crippen molar-refractivity contribution in [2.45, 2.75) is 64.8 Å². The molecule has 0 fully saturated rings. The van der Waals surface area contributed by atoms with Gasteiger partial charge in [-0.15, -0.1) is 0 Å². The first-order valence-corrected chi connectivity index (χ1v) is 10.4. The topological polar surface area (TPSA) is 30.7 Å². The average Bonchev–Trinajstić information content (AvgIpc) is 3.18. The van der Waals surface area contributed by atoms with Gasteiger partial charge in [0.1, 0.15) is 0 Å². The van der Waals surface area contributed by atoms with E-state index in [9.17, 15) is 0 Å². The van der Waals surface area contributed by atoms with Crippen LogP contribution >= 0.6 is 0 Å². The van der Waals surface area contributed by atoms with Crippen molar-refractivity contribution in [3.63, 3.8) is 0 Å². The Bertz CT molecular complexity index is 1040. The lowest BCUT2D eigenvalue weighted by Gasteiger charge is -2.42. The van der Waals surface area contributed by atoms with Crippen LogP contribution in [0.3, 0.4) is 0 Å². The molecule has 150 valence electrons. The average molecular weight is 386 g/mol. The van der Waals surface area contributed by atoms with Gasteiger partial charge >= 0.3 is 0 Å². The first kappa shape index (κ1) is 19.6. The first-order chi connectivity index (χ1) is 13.7. The molecule has 0 N–H and O–H groups in total. The zero-order valence-corrected chi connectivity index (χ0v) is 18.3. The van der Waals surface area contributed by atoms with Crippen molar-refractivity contribution in [3.05, 3.63) is 89.3 Å². The highest BCUT2D eigenvalue weighted by Gasteiger charge is 2.37. The van der Waals surface area contributed by atoms with Gasteiger partial charge in [0, 0.05) is 30.7 Å². The summed E-state index contributed by atoms with van der Waals surface area (Å²) in [6, 6.07) is 9.00. The Morgan fingerprint density at radius 3 is 2.34 bits per heavy atom. The molecule has 1 aromatic carbocycles. The molecule has 3 aromatic rings. The molecule has 0 aliphatic heterocycles. The number of aryl methyl sites for hydroxylation is 1. The Labute approximate surface area is 174 Å². The number of fused-ring (bicyclic) bond motifs is 1. The zero-order chi connectivity index (χ0) is 20.8. The van der Waals surface area contributed by atoms with Crippen LogP contribution in [0.25, 0.3) is 5.57 Å². The Balaban J connectivity index is 1.67. The molecular formula is C26H31N3. The van der Waals surface area contributed by atoms with Gasteiger partial charge in [-0.2, -0.15) is 0 Å². The van der Waals surface area contributed by atoms with Gasteiger partial charge in [0.05, 0.1) is 12.0 Å². The van der Waals surface area contributed by atoms with Crippen LogP contribution in [-0.4, -0.2) is 14.5 Å². The van der Waals surface area contributed by atoms with Crippen LogP contribution < -0.4 is 0 Å². The highest BCUT2D eigenvalue weighted by Crippen LogP contribution is 2.47. The van der Waals surface area contributed by atoms with Gasteiger partial charge in [-0.1, -0.05) is 46.4 Å². The van der Waals surface area contributed by atoms with Crippen LogP contribution in [0.5, 0.6) is 0 Å². The fourth-order valence-electron chi connectivity index (χ4n) is 4.47. The monoisotopic (exact) mass is 385 g/mol. The predicted octanol–water partition coefficient (Wildman–Crippen LogP) is 6.05. The summed E-state index contributed by atoms with van der Waals surface area (Å²) < 4.78 is 2.04. The quantitative estimate of drug-likeness (QED) is 0.548. The summed E-state index contributed by atoms with van der Waals surface area (Å²) in [5.74, 6) is 0.